The number of nitrogens with one attached hydrogen (secondary N) is 1. The van der Waals surface area contributed by atoms with E-state index >= 15 is 0 Å². The molecule has 0 bridgehead atoms. The lowest BCUT2D eigenvalue weighted by atomic mass is 10.4. The van der Waals surface area contributed by atoms with E-state index < -0.39 is 10.0 Å². The molecule has 0 spiro atoms. The van der Waals surface area contributed by atoms with E-state index in [1.807, 2.05) is 6.92 Å². The summed E-state index contributed by atoms with van der Waals surface area (Å²) in [6.07, 6.45) is 1.35. The number of halogens is 1. The molecule has 0 saturated heterocycles. The largest absolute Gasteiger partial charge is 0.330 e. The van der Waals surface area contributed by atoms with E-state index in [1.54, 1.807) is 0 Å². The quantitative estimate of drug-likeness (QED) is 0.618. The third kappa shape index (κ3) is 8.26. The fourth-order valence-corrected chi connectivity index (χ4v) is 1.81. The van der Waals surface area contributed by atoms with Gasteiger partial charge in [0.05, 0.1) is 5.75 Å². The molecule has 0 amide bonds. The van der Waals surface area contributed by atoms with Gasteiger partial charge in [0.15, 0.2) is 0 Å². The molecule has 0 aromatic rings. The average Bonchev–Trinajstić information content (AvgIpc) is 1.87. The highest BCUT2D eigenvalue weighted by molar-refractivity contribution is 7.89. The van der Waals surface area contributed by atoms with Gasteiger partial charge in [-0.05, 0) is 19.4 Å². The van der Waals surface area contributed by atoms with Crippen molar-refractivity contribution in [3.8, 4) is 0 Å². The minimum atomic E-state index is -3.01. The van der Waals surface area contributed by atoms with Crippen molar-refractivity contribution in [2.75, 3.05) is 18.8 Å². The number of hydrogen-bond donors (Lipinski definition) is 2. The Morgan fingerprint density at radius 2 is 2.00 bits per heavy atom. The molecule has 3 N–H and O–H groups in total. The van der Waals surface area contributed by atoms with Crippen LogP contribution in [-0.4, -0.2) is 27.3 Å². The Kier molecular flexibility index (Phi) is 9.53. The number of hydrogen-bond acceptors (Lipinski definition) is 3. The van der Waals surface area contributed by atoms with Crippen LogP contribution in [0.1, 0.15) is 19.8 Å². The van der Waals surface area contributed by atoms with E-state index in [2.05, 4.69) is 4.72 Å². The van der Waals surface area contributed by atoms with Gasteiger partial charge in [0.2, 0.25) is 10.0 Å². The van der Waals surface area contributed by atoms with Gasteiger partial charge in [-0.15, -0.1) is 12.4 Å². The minimum Gasteiger partial charge on any atom is -0.330 e. The summed E-state index contributed by atoms with van der Waals surface area (Å²) in [5.41, 5.74) is 5.20. The van der Waals surface area contributed by atoms with Gasteiger partial charge < -0.3 is 5.73 Å². The molecule has 4 nitrogen and oxygen atoms in total. The number of rotatable bonds is 6. The van der Waals surface area contributed by atoms with Gasteiger partial charge in [-0.25, -0.2) is 13.1 Å². The Balaban J connectivity index is 0. The van der Waals surface area contributed by atoms with Gasteiger partial charge in [-0.1, -0.05) is 6.92 Å². The second kappa shape index (κ2) is 7.79. The SMILES string of the molecule is CCCS(=O)(=O)NCCCN.Cl. The Hall–Kier alpha value is 0.160. The Morgan fingerprint density at radius 1 is 1.42 bits per heavy atom. The molecule has 0 unspecified atom stereocenters. The highest BCUT2D eigenvalue weighted by Gasteiger charge is 2.05. The minimum absolute atomic E-state index is 0. The first-order valence-corrected chi connectivity index (χ1v) is 5.45. The van der Waals surface area contributed by atoms with Crippen LogP contribution in [0.2, 0.25) is 0 Å². The lowest BCUT2D eigenvalue weighted by Crippen LogP contribution is -2.28. The molecule has 12 heavy (non-hydrogen) atoms. The van der Waals surface area contributed by atoms with Crippen LogP contribution in [0.3, 0.4) is 0 Å². The van der Waals surface area contributed by atoms with Crippen LogP contribution in [0.25, 0.3) is 0 Å². The van der Waals surface area contributed by atoms with E-state index in [-0.39, 0.29) is 18.2 Å². The zero-order chi connectivity index (χ0) is 8.74. The van der Waals surface area contributed by atoms with Crippen molar-refractivity contribution in [3.05, 3.63) is 0 Å². The van der Waals surface area contributed by atoms with E-state index in [0.29, 0.717) is 25.9 Å². The van der Waals surface area contributed by atoms with Crippen molar-refractivity contribution in [2.45, 2.75) is 19.8 Å². The summed E-state index contributed by atoms with van der Waals surface area (Å²) in [6, 6.07) is 0. The van der Waals surface area contributed by atoms with Crippen molar-refractivity contribution >= 4 is 22.4 Å². The third-order valence-corrected chi connectivity index (χ3v) is 2.77. The Bertz CT molecular complexity index is 182. The Morgan fingerprint density at radius 3 is 2.42 bits per heavy atom. The van der Waals surface area contributed by atoms with E-state index in [9.17, 15) is 8.42 Å². The molecule has 0 rings (SSSR count). The van der Waals surface area contributed by atoms with Crippen LogP contribution in [0.4, 0.5) is 0 Å². The maximum Gasteiger partial charge on any atom is 0.211 e. The summed E-state index contributed by atoms with van der Waals surface area (Å²) >= 11 is 0. The van der Waals surface area contributed by atoms with Crippen LogP contribution >= 0.6 is 12.4 Å². The predicted octanol–water partition coefficient (Wildman–Crippen LogP) is 0.0864. The van der Waals surface area contributed by atoms with E-state index in [0.717, 1.165) is 0 Å². The molecule has 0 aliphatic heterocycles. The summed E-state index contributed by atoms with van der Waals surface area (Å²) in [5, 5.41) is 0. The van der Waals surface area contributed by atoms with E-state index in [1.165, 1.54) is 0 Å². The van der Waals surface area contributed by atoms with Crippen LogP contribution in [0, 0.1) is 0 Å². The van der Waals surface area contributed by atoms with E-state index in [4.69, 9.17) is 5.73 Å². The van der Waals surface area contributed by atoms with Crippen molar-refractivity contribution in [1.82, 2.24) is 4.72 Å². The molecule has 0 aromatic carbocycles. The molecular formula is C6H17ClN2O2S. The second-order valence-electron chi connectivity index (χ2n) is 2.36. The molecule has 0 heterocycles. The normalized spacial score (nSPS) is 10.8. The van der Waals surface area contributed by atoms with Crippen LogP contribution in [-0.2, 0) is 10.0 Å². The maximum absolute atomic E-state index is 11.0. The van der Waals surface area contributed by atoms with Gasteiger partial charge in [-0.3, -0.25) is 0 Å². The highest BCUT2D eigenvalue weighted by atomic mass is 35.5. The molecule has 0 fully saturated rings. The zero-order valence-corrected chi connectivity index (χ0v) is 8.88. The van der Waals surface area contributed by atoms with Crippen LogP contribution in [0.5, 0.6) is 0 Å². The smallest absolute Gasteiger partial charge is 0.211 e. The number of nitrogens with two attached hydrogens (primary N) is 1. The van der Waals surface area contributed by atoms with Crippen molar-refractivity contribution in [3.63, 3.8) is 0 Å². The molecule has 0 aliphatic rings. The van der Waals surface area contributed by atoms with Crippen LogP contribution < -0.4 is 10.5 Å². The van der Waals surface area contributed by atoms with Gasteiger partial charge in [0, 0.05) is 6.54 Å². The molecule has 0 aliphatic carbocycles. The molecule has 0 aromatic heterocycles. The zero-order valence-electron chi connectivity index (χ0n) is 7.25. The first-order valence-electron chi connectivity index (χ1n) is 3.80. The summed E-state index contributed by atoms with van der Waals surface area (Å²) in [6.45, 7) is 2.82. The molecule has 0 atom stereocenters. The fraction of sp³-hybridized carbons (Fsp3) is 1.00. The van der Waals surface area contributed by atoms with Crippen molar-refractivity contribution < 1.29 is 8.42 Å². The summed E-state index contributed by atoms with van der Waals surface area (Å²) in [4.78, 5) is 0. The third-order valence-electron chi connectivity index (χ3n) is 1.18. The van der Waals surface area contributed by atoms with Gasteiger partial charge >= 0.3 is 0 Å². The van der Waals surface area contributed by atoms with Gasteiger partial charge in [0.1, 0.15) is 0 Å². The summed E-state index contributed by atoms with van der Waals surface area (Å²) in [7, 11) is -3.01. The standard InChI is InChI=1S/C6H16N2O2S.ClH/c1-2-6-11(9,10)8-5-3-4-7;/h8H,2-7H2,1H3;1H. The van der Waals surface area contributed by atoms with Gasteiger partial charge in [0.25, 0.3) is 0 Å². The molecule has 0 saturated carbocycles. The lowest BCUT2D eigenvalue weighted by Gasteiger charge is -2.02. The second-order valence-corrected chi connectivity index (χ2v) is 4.28. The number of sulfonamides is 1. The predicted molar refractivity (Wildman–Crippen MR) is 53.0 cm³/mol. The summed E-state index contributed by atoms with van der Waals surface area (Å²) in [5.74, 6) is 0.206. The lowest BCUT2D eigenvalue weighted by molar-refractivity contribution is 0.578. The monoisotopic (exact) mass is 216 g/mol. The fourth-order valence-electron chi connectivity index (χ4n) is 0.671. The first-order chi connectivity index (χ1) is 5.12. The van der Waals surface area contributed by atoms with Crippen molar-refractivity contribution in [1.29, 1.82) is 0 Å². The first kappa shape index (κ1) is 14.7. The van der Waals surface area contributed by atoms with Crippen LogP contribution in [0.15, 0.2) is 0 Å². The maximum atomic E-state index is 11.0. The highest BCUT2D eigenvalue weighted by Crippen LogP contribution is 1.87. The van der Waals surface area contributed by atoms with Crippen molar-refractivity contribution in [2.24, 2.45) is 5.73 Å². The summed E-state index contributed by atoms with van der Waals surface area (Å²) < 4.78 is 24.4. The molecule has 0 radical (unpaired) electrons. The topological polar surface area (TPSA) is 72.2 Å². The van der Waals surface area contributed by atoms with Gasteiger partial charge in [-0.2, -0.15) is 0 Å². The molecular weight excluding hydrogens is 200 g/mol. The Labute approximate surface area is 80.4 Å². The molecule has 6 heteroatoms. The molecule has 76 valence electrons. The average molecular weight is 217 g/mol.